The van der Waals surface area contributed by atoms with Crippen molar-refractivity contribution in [2.24, 2.45) is 5.73 Å². The molecule has 0 radical (unpaired) electrons. The largest absolute Gasteiger partial charge is 0.383 e. The third-order valence-electron chi connectivity index (χ3n) is 2.90. The van der Waals surface area contributed by atoms with Crippen LogP contribution in [0.2, 0.25) is 0 Å². The first kappa shape index (κ1) is 15.6. The second kappa shape index (κ2) is 7.87. The molecule has 0 fully saturated rings. The zero-order chi connectivity index (χ0) is 15.1. The number of carbonyl (C=O) groups excluding carboxylic acids is 1. The first-order chi connectivity index (χ1) is 10.2. The molecule has 2 aromatic heterocycles. The maximum absolute atomic E-state index is 12.5. The molecular weight excluding hydrogens is 290 g/mol. The van der Waals surface area contributed by atoms with Crippen LogP contribution >= 0.6 is 11.3 Å². The molecule has 0 spiro atoms. The molecule has 2 rings (SSSR count). The molecule has 7 nitrogen and oxygen atoms in total. The maximum atomic E-state index is 12.5. The molecule has 0 bridgehead atoms. The van der Waals surface area contributed by atoms with E-state index in [1.165, 1.54) is 0 Å². The van der Waals surface area contributed by atoms with E-state index in [9.17, 15) is 4.79 Å². The topological polar surface area (TPSA) is 86.3 Å². The number of amides is 1. The molecule has 114 valence electrons. The summed E-state index contributed by atoms with van der Waals surface area (Å²) in [5.41, 5.74) is 5.79. The highest BCUT2D eigenvalue weighted by Crippen LogP contribution is 2.13. The zero-order valence-corrected chi connectivity index (χ0v) is 12.8. The Morgan fingerprint density at radius 2 is 2.43 bits per heavy atom. The van der Waals surface area contributed by atoms with E-state index >= 15 is 0 Å². The molecule has 2 heterocycles. The molecule has 0 aromatic carbocycles. The lowest BCUT2D eigenvalue weighted by molar-refractivity contribution is 0.0676. The van der Waals surface area contributed by atoms with Gasteiger partial charge in [-0.15, -0.1) is 16.4 Å². The number of nitrogens with two attached hydrogens (primary N) is 1. The fraction of sp³-hybridized carbons (Fsp3) is 0.462. The minimum atomic E-state index is -0.149. The fourth-order valence-corrected chi connectivity index (χ4v) is 2.56. The molecule has 8 heteroatoms. The lowest BCUT2D eigenvalue weighted by atomic mass is 10.3. The van der Waals surface area contributed by atoms with Gasteiger partial charge in [0.1, 0.15) is 0 Å². The van der Waals surface area contributed by atoms with Gasteiger partial charge in [0, 0.05) is 25.1 Å². The van der Waals surface area contributed by atoms with E-state index in [0.29, 0.717) is 38.5 Å². The SMILES string of the molecule is COCCN(Cc1cccs1)C(=O)c1cn(CCN)nn1. The summed E-state index contributed by atoms with van der Waals surface area (Å²) in [6.07, 6.45) is 1.63. The smallest absolute Gasteiger partial charge is 0.276 e. The van der Waals surface area contributed by atoms with Crippen LogP contribution in [0.1, 0.15) is 15.4 Å². The Morgan fingerprint density at radius 1 is 1.57 bits per heavy atom. The van der Waals surface area contributed by atoms with Gasteiger partial charge in [-0.3, -0.25) is 9.48 Å². The van der Waals surface area contributed by atoms with Crippen LogP contribution in [-0.2, 0) is 17.8 Å². The molecule has 2 aromatic rings. The van der Waals surface area contributed by atoms with Crippen molar-refractivity contribution in [3.05, 3.63) is 34.3 Å². The molecular formula is C13H19N5O2S. The summed E-state index contributed by atoms with van der Waals surface area (Å²) >= 11 is 1.62. The van der Waals surface area contributed by atoms with Crippen LogP contribution in [0.3, 0.4) is 0 Å². The predicted octanol–water partition coefficient (Wildman–Crippen LogP) is 0.587. The lowest BCUT2D eigenvalue weighted by Crippen LogP contribution is -2.33. The Bertz CT molecular complexity index is 555. The molecule has 1 amide bonds. The monoisotopic (exact) mass is 309 g/mol. The molecule has 0 unspecified atom stereocenters. The average molecular weight is 309 g/mol. The van der Waals surface area contributed by atoms with Gasteiger partial charge in [-0.2, -0.15) is 0 Å². The summed E-state index contributed by atoms with van der Waals surface area (Å²) in [6, 6.07) is 3.97. The minimum absolute atomic E-state index is 0.149. The predicted molar refractivity (Wildman–Crippen MR) is 80.0 cm³/mol. The van der Waals surface area contributed by atoms with Gasteiger partial charge < -0.3 is 15.4 Å². The van der Waals surface area contributed by atoms with Crippen LogP contribution in [0, 0.1) is 0 Å². The van der Waals surface area contributed by atoms with Crippen LogP contribution in [0.15, 0.2) is 23.7 Å². The Hall–Kier alpha value is -1.77. The zero-order valence-electron chi connectivity index (χ0n) is 11.9. The normalized spacial score (nSPS) is 10.8. The highest BCUT2D eigenvalue weighted by atomic mass is 32.1. The maximum Gasteiger partial charge on any atom is 0.276 e. The van der Waals surface area contributed by atoms with Crippen molar-refractivity contribution in [1.82, 2.24) is 19.9 Å². The molecule has 0 saturated carbocycles. The number of hydrogen-bond donors (Lipinski definition) is 1. The van der Waals surface area contributed by atoms with Crippen LogP contribution < -0.4 is 5.73 Å². The standard InChI is InChI=1S/C13H19N5O2S/c1-20-7-6-17(9-11-3-2-8-21-11)13(19)12-10-18(5-4-14)16-15-12/h2-3,8,10H,4-7,9,14H2,1H3. The highest BCUT2D eigenvalue weighted by molar-refractivity contribution is 7.09. The Labute approximate surface area is 127 Å². The van der Waals surface area contributed by atoms with Gasteiger partial charge in [-0.25, -0.2) is 0 Å². The summed E-state index contributed by atoms with van der Waals surface area (Å²) in [7, 11) is 1.62. The Balaban J connectivity index is 2.08. The van der Waals surface area contributed by atoms with Crippen LogP contribution in [0.4, 0.5) is 0 Å². The molecule has 2 N–H and O–H groups in total. The molecule has 0 aliphatic carbocycles. The summed E-state index contributed by atoms with van der Waals surface area (Å²) < 4.78 is 6.65. The van der Waals surface area contributed by atoms with Crippen molar-refractivity contribution >= 4 is 17.2 Å². The molecule has 21 heavy (non-hydrogen) atoms. The van der Waals surface area contributed by atoms with E-state index in [2.05, 4.69) is 10.3 Å². The number of thiophene rings is 1. The third kappa shape index (κ3) is 4.35. The van der Waals surface area contributed by atoms with Crippen LogP contribution in [0.25, 0.3) is 0 Å². The van der Waals surface area contributed by atoms with Crippen molar-refractivity contribution < 1.29 is 9.53 Å². The molecule has 0 aliphatic rings. The summed E-state index contributed by atoms with van der Waals surface area (Å²) in [6.45, 7) is 2.54. The minimum Gasteiger partial charge on any atom is -0.383 e. The fourth-order valence-electron chi connectivity index (χ4n) is 1.84. The van der Waals surface area contributed by atoms with E-state index in [1.807, 2.05) is 17.5 Å². The van der Waals surface area contributed by atoms with E-state index in [-0.39, 0.29) is 5.91 Å². The van der Waals surface area contributed by atoms with Crippen molar-refractivity contribution in [1.29, 1.82) is 0 Å². The summed E-state index contributed by atoms with van der Waals surface area (Å²) in [5, 5.41) is 9.81. The van der Waals surface area contributed by atoms with E-state index < -0.39 is 0 Å². The number of methoxy groups -OCH3 is 1. The lowest BCUT2D eigenvalue weighted by Gasteiger charge is -2.20. The first-order valence-electron chi connectivity index (χ1n) is 6.65. The van der Waals surface area contributed by atoms with E-state index in [1.54, 1.807) is 34.2 Å². The number of ether oxygens (including phenoxy) is 1. The molecule has 0 saturated heterocycles. The number of carbonyl (C=O) groups is 1. The van der Waals surface area contributed by atoms with Crippen molar-refractivity contribution in [2.75, 3.05) is 26.8 Å². The second-order valence-corrected chi connectivity index (χ2v) is 5.49. The summed E-state index contributed by atoms with van der Waals surface area (Å²) in [5.74, 6) is -0.149. The molecule has 0 aliphatic heterocycles. The van der Waals surface area contributed by atoms with Crippen molar-refractivity contribution in [2.45, 2.75) is 13.1 Å². The van der Waals surface area contributed by atoms with Gasteiger partial charge >= 0.3 is 0 Å². The van der Waals surface area contributed by atoms with Crippen LogP contribution in [-0.4, -0.2) is 52.6 Å². The Morgan fingerprint density at radius 3 is 3.10 bits per heavy atom. The quantitative estimate of drug-likeness (QED) is 0.771. The molecule has 0 atom stereocenters. The second-order valence-electron chi connectivity index (χ2n) is 4.45. The van der Waals surface area contributed by atoms with Gasteiger partial charge in [-0.1, -0.05) is 11.3 Å². The number of rotatable bonds is 8. The number of hydrogen-bond acceptors (Lipinski definition) is 6. The van der Waals surface area contributed by atoms with E-state index in [0.717, 1.165) is 4.88 Å². The number of aromatic nitrogens is 3. The van der Waals surface area contributed by atoms with Gasteiger partial charge in [0.25, 0.3) is 5.91 Å². The third-order valence-corrected chi connectivity index (χ3v) is 3.76. The Kier molecular flexibility index (Phi) is 5.85. The first-order valence-corrected chi connectivity index (χ1v) is 7.53. The van der Waals surface area contributed by atoms with Crippen molar-refractivity contribution in [3.63, 3.8) is 0 Å². The van der Waals surface area contributed by atoms with Gasteiger partial charge in [0.15, 0.2) is 5.69 Å². The van der Waals surface area contributed by atoms with Crippen molar-refractivity contribution in [3.8, 4) is 0 Å². The van der Waals surface area contributed by atoms with Crippen LogP contribution in [0.5, 0.6) is 0 Å². The van der Waals surface area contributed by atoms with E-state index in [4.69, 9.17) is 10.5 Å². The average Bonchev–Trinajstić information content (AvgIpc) is 3.14. The van der Waals surface area contributed by atoms with Gasteiger partial charge in [-0.05, 0) is 11.4 Å². The van der Waals surface area contributed by atoms with Gasteiger partial charge in [0.05, 0.1) is 25.9 Å². The summed E-state index contributed by atoms with van der Waals surface area (Å²) in [4.78, 5) is 15.4. The van der Waals surface area contributed by atoms with Gasteiger partial charge in [0.2, 0.25) is 0 Å². The number of nitrogens with zero attached hydrogens (tertiary/aromatic N) is 4. The highest BCUT2D eigenvalue weighted by Gasteiger charge is 2.19.